The van der Waals surface area contributed by atoms with Gasteiger partial charge in [0, 0.05) is 34.0 Å². The zero-order valence-corrected chi connectivity index (χ0v) is 35.5. The summed E-state index contributed by atoms with van der Waals surface area (Å²) in [7, 11) is 4.37. The van der Waals surface area contributed by atoms with Crippen molar-refractivity contribution in [1.82, 2.24) is 36.0 Å². The molecule has 1 saturated heterocycles. The molecule has 1 fully saturated rings. The van der Waals surface area contributed by atoms with Gasteiger partial charge in [0.25, 0.3) is 0 Å². The number of carbonyl (C=O) groups excluding carboxylic acids is 7. The molecule has 3 rings (SSSR count). The van der Waals surface area contributed by atoms with Gasteiger partial charge in [-0.15, -0.1) is 0 Å². The number of furan rings is 2. The van der Waals surface area contributed by atoms with Crippen molar-refractivity contribution >= 4 is 41.4 Å². The van der Waals surface area contributed by atoms with Crippen LogP contribution >= 0.6 is 0 Å². The first-order valence-electron chi connectivity index (χ1n) is 19.7. The number of nitrogens with one attached hydrogen (secondary N) is 4. The molecular formula is C41H63N7O9. The van der Waals surface area contributed by atoms with Gasteiger partial charge in [-0.2, -0.15) is 0 Å². The molecule has 0 bridgehead atoms. The smallest absolute Gasteiger partial charge is 0.245 e. The highest BCUT2D eigenvalue weighted by atomic mass is 16.3. The maximum absolute atomic E-state index is 14.3. The van der Waals surface area contributed by atoms with Crippen molar-refractivity contribution in [1.29, 1.82) is 0 Å². The van der Waals surface area contributed by atoms with Crippen LogP contribution in [0.3, 0.4) is 0 Å². The molecule has 7 atom stereocenters. The van der Waals surface area contributed by atoms with E-state index in [-0.39, 0.29) is 25.2 Å². The lowest BCUT2D eigenvalue weighted by Crippen LogP contribution is -2.62. The summed E-state index contributed by atoms with van der Waals surface area (Å²) in [4.78, 5) is 103. The van der Waals surface area contributed by atoms with Crippen LogP contribution in [0.15, 0.2) is 46.0 Å². The van der Waals surface area contributed by atoms with Gasteiger partial charge in [-0.3, -0.25) is 33.6 Å². The van der Waals surface area contributed by atoms with Crippen LogP contribution in [0.4, 0.5) is 0 Å². The maximum atomic E-state index is 14.3. The van der Waals surface area contributed by atoms with Crippen LogP contribution in [0, 0.1) is 23.7 Å². The van der Waals surface area contributed by atoms with Crippen LogP contribution < -0.4 is 21.3 Å². The van der Waals surface area contributed by atoms with Gasteiger partial charge in [0.15, 0.2) is 0 Å². The number of carbonyl (C=O) groups is 7. The second kappa shape index (κ2) is 20.3. The monoisotopic (exact) mass is 797 g/mol. The Morgan fingerprint density at radius 2 is 0.947 bits per heavy atom. The standard InChI is InChI=1S/C41H63N7O9/c1-22(2)17-29-40(54)46(10)26(9)39(53)47(11)31(19-28-14-16-57-21-28)36(50)43-32(23(3)4)37(51)44-33(24(5)6)38(52)45-34(25(7)8)41(55)48(12)30(35(49)42-29)18-27-13-15-56-20-27/h13-16,20-26,29-34H,17-19H2,1-12H3,(H,42,49)(H,43,50)(H,44,51)(H,45,52)/t26-,29-,30-,31+,32+,33+,34-/m0/s1. The zero-order chi connectivity index (χ0) is 42.9. The molecule has 4 N–H and O–H groups in total. The topological polar surface area (TPSA) is 204 Å². The Labute approximate surface area is 336 Å². The number of nitrogens with zero attached hydrogens (tertiary/aromatic N) is 3. The predicted molar refractivity (Wildman–Crippen MR) is 212 cm³/mol. The first-order chi connectivity index (χ1) is 26.7. The molecule has 316 valence electrons. The number of hydrogen-bond acceptors (Lipinski definition) is 9. The van der Waals surface area contributed by atoms with Gasteiger partial charge in [0.2, 0.25) is 41.4 Å². The van der Waals surface area contributed by atoms with Crippen molar-refractivity contribution in [2.24, 2.45) is 23.7 Å². The molecule has 2 aromatic rings. The van der Waals surface area contributed by atoms with Crippen LogP contribution in [0.1, 0.15) is 79.9 Å². The molecule has 16 heteroatoms. The molecule has 0 aliphatic carbocycles. The number of hydrogen-bond donors (Lipinski definition) is 4. The van der Waals surface area contributed by atoms with E-state index in [1.165, 1.54) is 67.8 Å². The summed E-state index contributed by atoms with van der Waals surface area (Å²) < 4.78 is 10.5. The molecular weight excluding hydrogens is 734 g/mol. The van der Waals surface area contributed by atoms with Crippen molar-refractivity contribution in [3.63, 3.8) is 0 Å². The van der Waals surface area contributed by atoms with Gasteiger partial charge in [-0.05, 0) is 60.3 Å². The minimum atomic E-state index is -1.14. The van der Waals surface area contributed by atoms with Crippen molar-refractivity contribution in [2.75, 3.05) is 21.1 Å². The maximum Gasteiger partial charge on any atom is 0.245 e. The molecule has 0 spiro atoms. The molecule has 0 unspecified atom stereocenters. The molecule has 2 aromatic heterocycles. The molecule has 0 saturated carbocycles. The average molecular weight is 798 g/mol. The molecule has 0 aromatic carbocycles. The van der Waals surface area contributed by atoms with Crippen molar-refractivity contribution in [3.8, 4) is 0 Å². The van der Waals surface area contributed by atoms with Gasteiger partial charge in [-0.25, -0.2) is 0 Å². The zero-order valence-electron chi connectivity index (χ0n) is 35.5. The van der Waals surface area contributed by atoms with Crippen molar-refractivity contribution in [2.45, 2.75) is 124 Å². The number of likely N-dealkylation sites (N-methyl/N-ethyl adjacent to an activating group) is 3. The fourth-order valence-corrected chi connectivity index (χ4v) is 6.78. The third-order valence-electron chi connectivity index (χ3n) is 10.6. The van der Waals surface area contributed by atoms with E-state index in [1.54, 1.807) is 53.7 Å². The van der Waals surface area contributed by atoms with Gasteiger partial charge >= 0.3 is 0 Å². The van der Waals surface area contributed by atoms with Gasteiger partial charge in [0.1, 0.15) is 42.3 Å². The Bertz CT molecular complexity index is 1690. The van der Waals surface area contributed by atoms with E-state index >= 15 is 0 Å². The van der Waals surface area contributed by atoms with Crippen LogP contribution in [0.5, 0.6) is 0 Å². The van der Waals surface area contributed by atoms with Gasteiger partial charge < -0.3 is 44.8 Å². The Balaban J connectivity index is 2.19. The highest BCUT2D eigenvalue weighted by Crippen LogP contribution is 2.19. The van der Waals surface area contributed by atoms with E-state index in [9.17, 15) is 33.6 Å². The molecule has 7 amide bonds. The van der Waals surface area contributed by atoms with Crippen LogP contribution in [-0.4, -0.2) is 119 Å². The van der Waals surface area contributed by atoms with Crippen LogP contribution in [0.2, 0.25) is 0 Å². The molecule has 1 aliphatic rings. The normalized spacial score (nSPS) is 25.9. The van der Waals surface area contributed by atoms with Crippen LogP contribution in [-0.2, 0) is 46.4 Å². The van der Waals surface area contributed by atoms with Crippen LogP contribution in [0.25, 0.3) is 0 Å². The van der Waals surface area contributed by atoms with Gasteiger partial charge in [-0.1, -0.05) is 55.4 Å². The quantitative estimate of drug-likeness (QED) is 0.293. The van der Waals surface area contributed by atoms with Crippen molar-refractivity contribution in [3.05, 3.63) is 48.3 Å². The minimum Gasteiger partial charge on any atom is -0.472 e. The number of amides is 7. The summed E-state index contributed by atoms with van der Waals surface area (Å²) in [6.45, 7) is 15.8. The summed E-state index contributed by atoms with van der Waals surface area (Å²) in [6, 6.07) is -4.48. The highest BCUT2D eigenvalue weighted by molar-refractivity contribution is 5.98. The molecule has 57 heavy (non-hydrogen) atoms. The van der Waals surface area contributed by atoms with E-state index in [2.05, 4.69) is 21.3 Å². The van der Waals surface area contributed by atoms with E-state index in [0.717, 1.165) is 0 Å². The summed E-state index contributed by atoms with van der Waals surface area (Å²) in [6.07, 6.45) is 6.07. The third kappa shape index (κ3) is 11.9. The Hall–Kier alpha value is -5.15. The lowest BCUT2D eigenvalue weighted by molar-refractivity contribution is -0.149. The highest BCUT2D eigenvalue weighted by Gasteiger charge is 2.41. The molecule has 16 nitrogen and oxygen atoms in total. The average Bonchev–Trinajstić information content (AvgIpc) is 3.87. The third-order valence-corrected chi connectivity index (χ3v) is 10.6. The summed E-state index contributed by atoms with van der Waals surface area (Å²) in [5.41, 5.74) is 1.23. The van der Waals surface area contributed by atoms with E-state index < -0.39 is 101 Å². The minimum absolute atomic E-state index is 0.0284. The SMILES string of the molecule is CC(C)C[C@@H]1NC(=O)[C@H](Cc2ccoc2)N(C)C(=O)[C@H](C(C)C)NC(=O)[C@@H](C(C)C)NC(=O)[C@@H](C(C)C)NC(=O)[C@@H](Cc2ccoc2)N(C)C(=O)[C@H](C)N(C)C1=O. The van der Waals surface area contributed by atoms with E-state index in [1.807, 2.05) is 13.8 Å². The second-order valence-corrected chi connectivity index (χ2v) is 16.6. The summed E-state index contributed by atoms with van der Waals surface area (Å²) >= 11 is 0. The molecule has 3 heterocycles. The molecule has 1 aliphatic heterocycles. The fraction of sp³-hybridized carbons (Fsp3) is 0.634. The lowest BCUT2D eigenvalue weighted by Gasteiger charge is -2.36. The largest absolute Gasteiger partial charge is 0.472 e. The van der Waals surface area contributed by atoms with E-state index in [4.69, 9.17) is 8.83 Å². The van der Waals surface area contributed by atoms with E-state index in [0.29, 0.717) is 11.1 Å². The summed E-state index contributed by atoms with van der Waals surface area (Å²) in [5.74, 6) is -5.60. The molecule has 0 radical (unpaired) electrons. The Kier molecular flexibility index (Phi) is 16.5. The fourth-order valence-electron chi connectivity index (χ4n) is 6.78. The number of rotatable bonds is 9. The second-order valence-electron chi connectivity index (χ2n) is 16.6. The first-order valence-corrected chi connectivity index (χ1v) is 19.7. The predicted octanol–water partition coefficient (Wildman–Crippen LogP) is 2.13. The Morgan fingerprint density at radius 1 is 0.544 bits per heavy atom. The van der Waals surface area contributed by atoms with Crippen molar-refractivity contribution < 1.29 is 42.4 Å². The Morgan fingerprint density at radius 3 is 1.35 bits per heavy atom. The first kappa shape index (κ1) is 46.2. The van der Waals surface area contributed by atoms with Gasteiger partial charge in [0.05, 0.1) is 25.1 Å². The summed E-state index contributed by atoms with van der Waals surface area (Å²) in [5, 5.41) is 11.3. The lowest BCUT2D eigenvalue weighted by atomic mass is 9.96.